The van der Waals surface area contributed by atoms with E-state index < -0.39 is 0 Å². The van der Waals surface area contributed by atoms with E-state index in [0.717, 1.165) is 11.3 Å². The summed E-state index contributed by atoms with van der Waals surface area (Å²) in [5, 5.41) is 7.17. The van der Waals surface area contributed by atoms with Gasteiger partial charge in [-0.05, 0) is 32.9 Å². The van der Waals surface area contributed by atoms with Gasteiger partial charge in [0, 0.05) is 31.5 Å². The van der Waals surface area contributed by atoms with E-state index in [4.69, 9.17) is 0 Å². The van der Waals surface area contributed by atoms with Crippen LogP contribution in [0.4, 0.5) is 5.82 Å². The van der Waals surface area contributed by atoms with Gasteiger partial charge < -0.3 is 10.2 Å². The van der Waals surface area contributed by atoms with Crippen LogP contribution < -0.4 is 5.32 Å². The lowest BCUT2D eigenvalue weighted by atomic mass is 10.0. The number of Topliss-reactive ketones (excluding diaryl/α,β-unsaturated/α-hetero) is 1. The summed E-state index contributed by atoms with van der Waals surface area (Å²) in [6, 6.07) is 16.5. The Morgan fingerprint density at radius 1 is 0.938 bits per heavy atom. The normalized spacial score (nSPS) is 10.6. The average molecular weight is 433 g/mol. The van der Waals surface area contributed by atoms with E-state index >= 15 is 0 Å². The second-order valence-electron chi connectivity index (χ2n) is 7.47. The van der Waals surface area contributed by atoms with Crippen molar-refractivity contribution in [2.75, 3.05) is 18.4 Å². The number of carbonyl (C=O) groups excluding carboxylic acids is 3. The molecule has 0 unspecified atom stereocenters. The Bertz CT molecular complexity index is 1080. The fourth-order valence-corrected chi connectivity index (χ4v) is 3.38. The summed E-state index contributed by atoms with van der Waals surface area (Å²) < 4.78 is 1.54. The van der Waals surface area contributed by atoms with E-state index in [9.17, 15) is 14.4 Å². The number of hydrogen-bond acceptors (Lipinski definition) is 4. The number of nitrogens with zero attached hydrogens (tertiary/aromatic N) is 3. The third kappa shape index (κ3) is 5.29. The number of rotatable bonds is 9. The van der Waals surface area contributed by atoms with Gasteiger partial charge in [0.05, 0.1) is 11.9 Å². The van der Waals surface area contributed by atoms with Gasteiger partial charge >= 0.3 is 0 Å². The lowest BCUT2D eigenvalue weighted by Crippen LogP contribution is -2.31. The van der Waals surface area contributed by atoms with Crippen molar-refractivity contribution in [3.63, 3.8) is 0 Å². The highest BCUT2D eigenvalue weighted by molar-refractivity contribution is 6.04. The molecule has 0 aliphatic rings. The molecule has 7 heteroatoms. The Morgan fingerprint density at radius 2 is 1.59 bits per heavy atom. The van der Waals surface area contributed by atoms with Gasteiger partial charge in [-0.15, -0.1) is 0 Å². The molecule has 2 aromatic carbocycles. The first-order valence-electron chi connectivity index (χ1n) is 10.8. The van der Waals surface area contributed by atoms with Crippen LogP contribution in [0.15, 0.2) is 60.8 Å². The second kappa shape index (κ2) is 10.5. The second-order valence-corrected chi connectivity index (χ2v) is 7.47. The topological polar surface area (TPSA) is 84.3 Å². The molecule has 0 aliphatic carbocycles. The van der Waals surface area contributed by atoms with Crippen LogP contribution in [0.25, 0.3) is 5.69 Å². The van der Waals surface area contributed by atoms with Crippen molar-refractivity contribution < 1.29 is 14.4 Å². The van der Waals surface area contributed by atoms with Crippen molar-refractivity contribution in [3.8, 4) is 5.69 Å². The minimum atomic E-state index is -0.350. The molecule has 0 spiro atoms. The summed E-state index contributed by atoms with van der Waals surface area (Å²) in [7, 11) is 0. The van der Waals surface area contributed by atoms with Crippen LogP contribution in [-0.2, 0) is 4.79 Å². The number of benzene rings is 2. The summed E-state index contributed by atoms with van der Waals surface area (Å²) in [6.45, 7) is 6.85. The predicted molar refractivity (Wildman–Crippen MR) is 124 cm³/mol. The Kier molecular flexibility index (Phi) is 7.54. The molecule has 0 atom stereocenters. The van der Waals surface area contributed by atoms with Crippen molar-refractivity contribution in [2.24, 2.45) is 0 Å². The summed E-state index contributed by atoms with van der Waals surface area (Å²) in [5.41, 5.74) is 2.68. The van der Waals surface area contributed by atoms with E-state index in [1.165, 1.54) is 10.9 Å². The monoisotopic (exact) mass is 432 g/mol. The maximum atomic E-state index is 13.0. The molecule has 0 saturated carbocycles. The maximum absolute atomic E-state index is 13.0. The van der Waals surface area contributed by atoms with Crippen LogP contribution in [0.1, 0.15) is 53.0 Å². The van der Waals surface area contributed by atoms with Gasteiger partial charge in [0.1, 0.15) is 11.4 Å². The lowest BCUT2D eigenvalue weighted by molar-refractivity contribution is -0.116. The molecule has 0 saturated heterocycles. The van der Waals surface area contributed by atoms with Crippen molar-refractivity contribution in [1.29, 1.82) is 0 Å². The number of para-hydroxylation sites is 1. The zero-order valence-electron chi connectivity index (χ0n) is 18.7. The first-order chi connectivity index (χ1) is 15.4. The number of amides is 2. The van der Waals surface area contributed by atoms with E-state index in [1.54, 1.807) is 17.0 Å². The highest BCUT2D eigenvalue weighted by Gasteiger charge is 2.23. The largest absolute Gasteiger partial charge is 0.339 e. The molecule has 7 nitrogen and oxygen atoms in total. The van der Waals surface area contributed by atoms with Gasteiger partial charge in [-0.2, -0.15) is 5.10 Å². The van der Waals surface area contributed by atoms with Gasteiger partial charge in [-0.1, -0.05) is 48.0 Å². The summed E-state index contributed by atoms with van der Waals surface area (Å²) in [4.78, 5) is 39.8. The summed E-state index contributed by atoms with van der Waals surface area (Å²) in [5.74, 6) is -0.350. The SMILES string of the molecule is CCN(CC)C(=O)c1cnn(-c2ccccc2)c1NC(=O)CCC(=O)c1ccc(C)cc1. The Balaban J connectivity index is 1.80. The molecule has 2 amide bonds. The van der Waals surface area contributed by atoms with E-state index in [-0.39, 0.29) is 30.4 Å². The van der Waals surface area contributed by atoms with E-state index in [2.05, 4.69) is 10.4 Å². The number of hydrogen-bond donors (Lipinski definition) is 1. The van der Waals surface area contributed by atoms with Gasteiger partial charge in [-0.3, -0.25) is 14.4 Å². The Labute approximate surface area is 188 Å². The van der Waals surface area contributed by atoms with Crippen LogP contribution in [0, 0.1) is 6.92 Å². The number of aryl methyl sites for hydroxylation is 1. The van der Waals surface area contributed by atoms with Crippen molar-refractivity contribution in [1.82, 2.24) is 14.7 Å². The highest BCUT2D eigenvalue weighted by Crippen LogP contribution is 2.22. The molecule has 1 N–H and O–H groups in total. The lowest BCUT2D eigenvalue weighted by Gasteiger charge is -2.19. The zero-order valence-corrected chi connectivity index (χ0v) is 18.7. The van der Waals surface area contributed by atoms with Crippen molar-refractivity contribution >= 4 is 23.4 Å². The van der Waals surface area contributed by atoms with Crippen molar-refractivity contribution in [2.45, 2.75) is 33.6 Å². The summed E-state index contributed by atoms with van der Waals surface area (Å²) in [6.07, 6.45) is 1.56. The van der Waals surface area contributed by atoms with E-state index in [0.29, 0.717) is 30.0 Å². The standard InChI is InChI=1S/C25H28N4O3/c1-4-28(5-2)25(32)21-17-26-29(20-9-7-6-8-10-20)24(21)27-23(31)16-15-22(30)19-13-11-18(3)12-14-19/h6-14,17H,4-5,15-16H2,1-3H3,(H,27,31). The smallest absolute Gasteiger partial charge is 0.259 e. The molecule has 3 aromatic rings. The molecule has 0 bridgehead atoms. The molecular weight excluding hydrogens is 404 g/mol. The van der Waals surface area contributed by atoms with Gasteiger partial charge in [-0.25, -0.2) is 4.68 Å². The number of ketones is 1. The van der Waals surface area contributed by atoms with Crippen LogP contribution in [-0.4, -0.2) is 45.4 Å². The number of nitrogens with one attached hydrogen (secondary N) is 1. The Morgan fingerprint density at radius 3 is 2.22 bits per heavy atom. The fourth-order valence-electron chi connectivity index (χ4n) is 3.38. The summed E-state index contributed by atoms with van der Waals surface area (Å²) >= 11 is 0. The molecule has 0 fully saturated rings. The molecule has 0 radical (unpaired) electrons. The minimum absolute atomic E-state index is 0.00554. The quantitative estimate of drug-likeness (QED) is 0.512. The third-order valence-corrected chi connectivity index (χ3v) is 5.26. The van der Waals surface area contributed by atoms with Crippen molar-refractivity contribution in [3.05, 3.63) is 77.5 Å². The average Bonchev–Trinajstić information content (AvgIpc) is 3.22. The first-order valence-corrected chi connectivity index (χ1v) is 10.8. The van der Waals surface area contributed by atoms with Gasteiger partial charge in [0.25, 0.3) is 5.91 Å². The zero-order chi connectivity index (χ0) is 23.1. The maximum Gasteiger partial charge on any atom is 0.259 e. The van der Waals surface area contributed by atoms with E-state index in [1.807, 2.05) is 63.2 Å². The van der Waals surface area contributed by atoms with Crippen LogP contribution >= 0.6 is 0 Å². The molecule has 1 heterocycles. The fraction of sp³-hybridized carbons (Fsp3) is 0.280. The highest BCUT2D eigenvalue weighted by atomic mass is 16.2. The first kappa shape index (κ1) is 22.9. The van der Waals surface area contributed by atoms with Crippen LogP contribution in [0.2, 0.25) is 0 Å². The third-order valence-electron chi connectivity index (χ3n) is 5.26. The molecule has 166 valence electrons. The molecular formula is C25H28N4O3. The molecule has 1 aromatic heterocycles. The van der Waals surface area contributed by atoms with Gasteiger partial charge in [0.2, 0.25) is 5.91 Å². The molecule has 0 aliphatic heterocycles. The van der Waals surface area contributed by atoms with Gasteiger partial charge in [0.15, 0.2) is 5.78 Å². The number of aromatic nitrogens is 2. The Hall–Kier alpha value is -3.74. The van der Waals surface area contributed by atoms with Crippen LogP contribution in [0.5, 0.6) is 0 Å². The minimum Gasteiger partial charge on any atom is -0.339 e. The van der Waals surface area contributed by atoms with Crippen LogP contribution in [0.3, 0.4) is 0 Å². The predicted octanol–water partition coefficient (Wildman–Crippen LogP) is 4.26. The number of anilines is 1. The molecule has 3 rings (SSSR count). The number of carbonyl (C=O) groups is 3. The molecule has 32 heavy (non-hydrogen) atoms.